The van der Waals surface area contributed by atoms with Crippen molar-refractivity contribution in [3.63, 3.8) is 0 Å². The average Bonchev–Trinajstić information content (AvgIpc) is 2.70. The zero-order valence-corrected chi connectivity index (χ0v) is 10.4. The minimum atomic E-state index is -0.245. The maximum atomic E-state index is 13.8. The number of nitrogens with zero attached hydrogens (tertiary/aromatic N) is 2. The van der Waals surface area contributed by atoms with Gasteiger partial charge in [-0.05, 0) is 37.4 Å². The molecule has 0 aliphatic heterocycles. The van der Waals surface area contributed by atoms with Crippen LogP contribution in [0, 0.1) is 12.7 Å². The van der Waals surface area contributed by atoms with E-state index in [4.69, 9.17) is 0 Å². The second kappa shape index (κ2) is 5.29. The number of hydrogen-bond acceptors (Lipinski definition) is 4. The number of nitrogens with one attached hydrogen (secondary N) is 2. The van der Waals surface area contributed by atoms with E-state index in [1.165, 1.54) is 17.8 Å². The number of aromatic amines is 1. The molecule has 2 rings (SSSR count). The van der Waals surface area contributed by atoms with Crippen molar-refractivity contribution < 1.29 is 4.39 Å². The molecule has 0 aliphatic rings. The van der Waals surface area contributed by atoms with Gasteiger partial charge in [-0.3, -0.25) is 5.10 Å². The number of H-pyrrole nitrogens is 1. The minimum absolute atomic E-state index is 0.245. The van der Waals surface area contributed by atoms with E-state index >= 15 is 0 Å². The molecule has 0 atom stereocenters. The first-order valence-electron chi connectivity index (χ1n) is 5.19. The highest BCUT2D eigenvalue weighted by Crippen LogP contribution is 2.30. The van der Waals surface area contributed by atoms with Gasteiger partial charge in [0.1, 0.15) is 11.6 Å². The van der Waals surface area contributed by atoms with E-state index in [1.807, 2.05) is 20.0 Å². The van der Waals surface area contributed by atoms with Crippen molar-refractivity contribution in [1.82, 2.24) is 20.5 Å². The smallest absolute Gasteiger partial charge is 0.213 e. The van der Waals surface area contributed by atoms with Gasteiger partial charge in [-0.2, -0.15) is 0 Å². The Morgan fingerprint density at radius 2 is 2.29 bits per heavy atom. The van der Waals surface area contributed by atoms with Crippen LogP contribution >= 0.6 is 11.8 Å². The Hall–Kier alpha value is -1.40. The molecule has 4 nitrogen and oxygen atoms in total. The Balaban J connectivity index is 2.30. The lowest BCUT2D eigenvalue weighted by Gasteiger charge is -2.07. The number of hydrogen-bond donors (Lipinski definition) is 2. The highest BCUT2D eigenvalue weighted by molar-refractivity contribution is 7.99. The van der Waals surface area contributed by atoms with Gasteiger partial charge < -0.3 is 5.32 Å². The summed E-state index contributed by atoms with van der Waals surface area (Å²) in [7, 11) is 1.83. The third-order valence-electron chi connectivity index (χ3n) is 2.19. The summed E-state index contributed by atoms with van der Waals surface area (Å²) in [6.45, 7) is 2.43. The fourth-order valence-corrected chi connectivity index (χ4v) is 2.35. The SMILES string of the molecule is CNCc1cccc(F)c1Sc1n[nH]c(C)n1. The van der Waals surface area contributed by atoms with Crippen LogP contribution in [0.5, 0.6) is 0 Å². The molecule has 0 aliphatic carbocycles. The predicted molar refractivity (Wildman–Crippen MR) is 64.4 cm³/mol. The van der Waals surface area contributed by atoms with Crippen LogP contribution in [0.4, 0.5) is 4.39 Å². The average molecular weight is 252 g/mol. The maximum Gasteiger partial charge on any atom is 0.213 e. The largest absolute Gasteiger partial charge is 0.316 e. The molecule has 0 saturated carbocycles. The van der Waals surface area contributed by atoms with Gasteiger partial charge in [-0.25, -0.2) is 9.37 Å². The normalized spacial score (nSPS) is 10.8. The van der Waals surface area contributed by atoms with Crippen molar-refractivity contribution in [2.24, 2.45) is 0 Å². The molecule has 1 aromatic heterocycles. The fourth-order valence-electron chi connectivity index (χ4n) is 1.46. The Morgan fingerprint density at radius 1 is 1.47 bits per heavy atom. The van der Waals surface area contributed by atoms with Gasteiger partial charge in [0.2, 0.25) is 5.16 Å². The van der Waals surface area contributed by atoms with Gasteiger partial charge in [0.25, 0.3) is 0 Å². The highest BCUT2D eigenvalue weighted by atomic mass is 32.2. The lowest BCUT2D eigenvalue weighted by molar-refractivity contribution is 0.594. The van der Waals surface area contributed by atoms with Gasteiger partial charge in [-0.15, -0.1) is 5.10 Å². The molecule has 0 bridgehead atoms. The second-order valence-corrected chi connectivity index (χ2v) is 4.54. The molecule has 0 spiro atoms. The summed E-state index contributed by atoms with van der Waals surface area (Å²) in [5.41, 5.74) is 0.903. The Morgan fingerprint density at radius 3 is 2.94 bits per heavy atom. The van der Waals surface area contributed by atoms with Gasteiger partial charge in [0.05, 0.1) is 4.90 Å². The van der Waals surface area contributed by atoms with Crippen molar-refractivity contribution in [3.05, 3.63) is 35.4 Å². The summed E-state index contributed by atoms with van der Waals surface area (Å²) in [5, 5.41) is 10.3. The van der Waals surface area contributed by atoms with Gasteiger partial charge in [0, 0.05) is 6.54 Å². The fraction of sp³-hybridized carbons (Fsp3) is 0.273. The van der Waals surface area contributed by atoms with E-state index in [2.05, 4.69) is 20.5 Å². The molecule has 2 N–H and O–H groups in total. The van der Waals surface area contributed by atoms with Crippen LogP contribution in [0.1, 0.15) is 11.4 Å². The van der Waals surface area contributed by atoms with Crippen molar-refractivity contribution >= 4 is 11.8 Å². The molecule has 17 heavy (non-hydrogen) atoms. The van der Waals surface area contributed by atoms with Crippen LogP contribution in [0.25, 0.3) is 0 Å². The molecule has 90 valence electrons. The van der Waals surface area contributed by atoms with E-state index < -0.39 is 0 Å². The van der Waals surface area contributed by atoms with Crippen molar-refractivity contribution in [2.45, 2.75) is 23.5 Å². The topological polar surface area (TPSA) is 53.6 Å². The van der Waals surface area contributed by atoms with Crippen molar-refractivity contribution in [1.29, 1.82) is 0 Å². The van der Waals surface area contributed by atoms with E-state index in [-0.39, 0.29) is 5.82 Å². The number of halogens is 1. The van der Waals surface area contributed by atoms with Crippen molar-refractivity contribution in [3.8, 4) is 0 Å². The summed E-state index contributed by atoms with van der Waals surface area (Å²) in [6, 6.07) is 5.04. The summed E-state index contributed by atoms with van der Waals surface area (Å²) in [5.74, 6) is 0.476. The standard InChI is InChI=1S/C11H13FN4S/c1-7-14-11(16-15-7)17-10-8(6-13-2)4-3-5-9(10)12/h3-5,13H,6H2,1-2H3,(H,14,15,16). The number of aromatic nitrogens is 3. The van der Waals surface area contributed by atoms with Crippen LogP contribution in [-0.4, -0.2) is 22.2 Å². The van der Waals surface area contributed by atoms with E-state index in [9.17, 15) is 4.39 Å². The van der Waals surface area contributed by atoms with Gasteiger partial charge in [0.15, 0.2) is 0 Å². The third-order valence-corrected chi connectivity index (χ3v) is 3.21. The predicted octanol–water partition coefficient (Wildman–Crippen LogP) is 2.12. The number of benzene rings is 1. The second-order valence-electron chi connectivity index (χ2n) is 3.56. The molecule has 0 radical (unpaired) electrons. The molecular formula is C11H13FN4S. The molecule has 1 heterocycles. The summed E-state index contributed by atoms with van der Waals surface area (Å²) in [6.07, 6.45) is 0. The lowest BCUT2D eigenvalue weighted by atomic mass is 10.2. The number of aryl methyl sites for hydroxylation is 1. The van der Waals surface area contributed by atoms with Crippen LogP contribution in [0.15, 0.2) is 28.3 Å². The third kappa shape index (κ3) is 2.83. The highest BCUT2D eigenvalue weighted by Gasteiger charge is 2.12. The quantitative estimate of drug-likeness (QED) is 0.875. The van der Waals surface area contributed by atoms with Gasteiger partial charge in [-0.1, -0.05) is 12.1 Å². The van der Waals surface area contributed by atoms with Crippen LogP contribution < -0.4 is 5.32 Å². The number of rotatable bonds is 4. The van der Waals surface area contributed by atoms with Crippen LogP contribution in [-0.2, 0) is 6.54 Å². The molecule has 0 saturated heterocycles. The molecule has 0 fully saturated rings. The van der Waals surface area contributed by atoms with Crippen molar-refractivity contribution in [2.75, 3.05) is 7.05 Å². The monoisotopic (exact) mass is 252 g/mol. The van der Waals surface area contributed by atoms with E-state index in [0.717, 1.165) is 11.4 Å². The molecule has 0 unspecified atom stereocenters. The maximum absolute atomic E-state index is 13.8. The summed E-state index contributed by atoms with van der Waals surface area (Å²) < 4.78 is 13.8. The minimum Gasteiger partial charge on any atom is -0.316 e. The first-order chi connectivity index (χ1) is 8.20. The lowest BCUT2D eigenvalue weighted by Crippen LogP contribution is -2.06. The van der Waals surface area contributed by atoms with E-state index in [1.54, 1.807) is 6.07 Å². The Labute approximate surface area is 103 Å². The first-order valence-corrected chi connectivity index (χ1v) is 6.01. The summed E-state index contributed by atoms with van der Waals surface area (Å²) >= 11 is 1.23. The molecule has 2 aromatic rings. The molecule has 6 heteroatoms. The Bertz CT molecular complexity index is 512. The van der Waals surface area contributed by atoms with E-state index in [0.29, 0.717) is 16.6 Å². The Kier molecular flexibility index (Phi) is 3.75. The molecule has 0 amide bonds. The van der Waals surface area contributed by atoms with Gasteiger partial charge >= 0.3 is 0 Å². The van der Waals surface area contributed by atoms with Crippen LogP contribution in [0.2, 0.25) is 0 Å². The summed E-state index contributed by atoms with van der Waals surface area (Å²) in [4.78, 5) is 4.73. The zero-order chi connectivity index (χ0) is 12.3. The first kappa shape index (κ1) is 12.1. The zero-order valence-electron chi connectivity index (χ0n) is 9.62. The van der Waals surface area contributed by atoms with Crippen LogP contribution in [0.3, 0.4) is 0 Å². The molecular weight excluding hydrogens is 239 g/mol. The molecule has 1 aromatic carbocycles.